The number of aryl methyl sites for hydroxylation is 2. The number of carbonyl (C=O) groups is 1. The van der Waals surface area contributed by atoms with E-state index in [1.54, 1.807) is 30.8 Å². The van der Waals surface area contributed by atoms with Crippen molar-refractivity contribution in [1.82, 2.24) is 14.5 Å². The molecule has 3 heterocycles. The van der Waals surface area contributed by atoms with Gasteiger partial charge in [-0.05, 0) is 25.5 Å². The summed E-state index contributed by atoms with van der Waals surface area (Å²) in [6, 6.07) is 9.46. The fourth-order valence-corrected chi connectivity index (χ4v) is 3.87. The van der Waals surface area contributed by atoms with Crippen LogP contribution >= 0.6 is 11.3 Å². The Balaban J connectivity index is 2.17. The fourth-order valence-electron chi connectivity index (χ4n) is 3.24. The van der Waals surface area contributed by atoms with Crippen LogP contribution in [0, 0.1) is 13.8 Å². The number of aromatic nitrogens is 3. The van der Waals surface area contributed by atoms with Crippen molar-refractivity contribution in [2.75, 3.05) is 7.11 Å². The first-order valence-electron chi connectivity index (χ1n) is 8.62. The molecule has 7 heteroatoms. The molecular formula is C21H17N3O3S. The summed E-state index contributed by atoms with van der Waals surface area (Å²) in [5.74, 6) is -0.522. The molecule has 1 aromatic carbocycles. The second kappa shape index (κ2) is 7.01. The van der Waals surface area contributed by atoms with E-state index in [2.05, 4.69) is 9.97 Å². The molecule has 0 atom stereocenters. The van der Waals surface area contributed by atoms with Crippen molar-refractivity contribution >= 4 is 28.2 Å². The minimum Gasteiger partial charge on any atom is -0.465 e. The van der Waals surface area contributed by atoms with Crippen molar-refractivity contribution in [3.05, 3.63) is 75.3 Å². The van der Waals surface area contributed by atoms with Gasteiger partial charge in [-0.1, -0.05) is 29.8 Å². The van der Waals surface area contributed by atoms with Crippen LogP contribution in [-0.4, -0.2) is 27.6 Å². The van der Waals surface area contributed by atoms with E-state index in [4.69, 9.17) is 4.74 Å². The molecule has 140 valence electrons. The van der Waals surface area contributed by atoms with Crippen LogP contribution in [0.25, 0.3) is 27.2 Å². The molecule has 0 aliphatic carbocycles. The summed E-state index contributed by atoms with van der Waals surface area (Å²) in [5, 5.41) is 2.73. The number of carbonyl (C=O) groups excluding carboxylic acids is 1. The predicted octanol–water partition coefficient (Wildman–Crippen LogP) is 3.91. The van der Waals surface area contributed by atoms with Gasteiger partial charge in [0.25, 0.3) is 5.56 Å². The summed E-state index contributed by atoms with van der Waals surface area (Å²) in [7, 11) is 1.32. The van der Waals surface area contributed by atoms with Crippen molar-refractivity contribution in [3.63, 3.8) is 0 Å². The van der Waals surface area contributed by atoms with Gasteiger partial charge in [0, 0.05) is 23.3 Å². The highest BCUT2D eigenvalue weighted by atomic mass is 32.1. The van der Waals surface area contributed by atoms with Crippen molar-refractivity contribution in [1.29, 1.82) is 0 Å². The maximum absolute atomic E-state index is 13.4. The predicted molar refractivity (Wildman–Crippen MR) is 109 cm³/mol. The van der Waals surface area contributed by atoms with Crippen LogP contribution in [0.5, 0.6) is 0 Å². The number of hydrogen-bond acceptors (Lipinski definition) is 6. The van der Waals surface area contributed by atoms with Crippen molar-refractivity contribution in [2.24, 2.45) is 0 Å². The smallest absolute Gasteiger partial charge is 0.340 e. The number of methoxy groups -OCH3 is 1. The Morgan fingerprint density at radius 1 is 1.14 bits per heavy atom. The molecular weight excluding hydrogens is 374 g/mol. The molecule has 0 aliphatic rings. The number of rotatable bonds is 3. The minimum atomic E-state index is -0.522. The summed E-state index contributed by atoms with van der Waals surface area (Å²) in [5.41, 5.74) is 3.44. The Labute approximate surface area is 165 Å². The van der Waals surface area contributed by atoms with E-state index in [0.29, 0.717) is 32.9 Å². The van der Waals surface area contributed by atoms with E-state index in [-0.39, 0.29) is 5.56 Å². The van der Waals surface area contributed by atoms with Gasteiger partial charge in [-0.15, -0.1) is 11.3 Å². The second-order valence-electron chi connectivity index (χ2n) is 6.37. The number of benzene rings is 1. The van der Waals surface area contributed by atoms with E-state index in [0.717, 1.165) is 11.1 Å². The first-order chi connectivity index (χ1) is 13.5. The zero-order chi connectivity index (χ0) is 19.8. The number of fused-ring (bicyclic) bond motifs is 1. The van der Waals surface area contributed by atoms with Crippen LogP contribution in [-0.2, 0) is 4.74 Å². The molecule has 4 aromatic rings. The van der Waals surface area contributed by atoms with E-state index in [1.807, 2.05) is 31.2 Å². The van der Waals surface area contributed by atoms with E-state index in [1.165, 1.54) is 23.0 Å². The normalized spacial score (nSPS) is 11.0. The number of ether oxygens (including phenoxy) is 1. The maximum atomic E-state index is 13.4. The van der Waals surface area contributed by atoms with Crippen LogP contribution in [0.3, 0.4) is 0 Å². The molecule has 0 saturated heterocycles. The monoisotopic (exact) mass is 391 g/mol. The Morgan fingerprint density at radius 3 is 2.54 bits per heavy atom. The quantitative estimate of drug-likeness (QED) is 0.495. The van der Waals surface area contributed by atoms with Crippen molar-refractivity contribution < 1.29 is 9.53 Å². The molecule has 0 N–H and O–H groups in total. The van der Waals surface area contributed by atoms with Gasteiger partial charge in [0.15, 0.2) is 5.13 Å². The SMILES string of the molecule is COC(=O)c1c(C)nc2ccn(-c3nccs3)c(=O)c2c1-c1ccc(C)cc1. The summed E-state index contributed by atoms with van der Waals surface area (Å²) in [6.45, 7) is 3.73. The summed E-state index contributed by atoms with van der Waals surface area (Å²) in [6.07, 6.45) is 3.30. The molecule has 3 aromatic heterocycles. The Bertz CT molecular complexity index is 1240. The average Bonchev–Trinajstić information content (AvgIpc) is 3.22. The van der Waals surface area contributed by atoms with Gasteiger partial charge in [-0.25, -0.2) is 9.78 Å². The van der Waals surface area contributed by atoms with E-state index in [9.17, 15) is 9.59 Å². The highest BCUT2D eigenvalue weighted by Gasteiger charge is 2.23. The van der Waals surface area contributed by atoms with Crippen molar-refractivity contribution in [3.8, 4) is 16.3 Å². The lowest BCUT2D eigenvalue weighted by molar-refractivity contribution is 0.0600. The highest BCUT2D eigenvalue weighted by Crippen LogP contribution is 2.32. The highest BCUT2D eigenvalue weighted by molar-refractivity contribution is 7.12. The largest absolute Gasteiger partial charge is 0.465 e. The Kier molecular flexibility index (Phi) is 4.52. The third-order valence-electron chi connectivity index (χ3n) is 4.58. The molecule has 0 aliphatic heterocycles. The molecule has 28 heavy (non-hydrogen) atoms. The van der Waals surface area contributed by atoms with Crippen LogP contribution in [0.4, 0.5) is 0 Å². The number of pyridine rings is 2. The zero-order valence-corrected chi connectivity index (χ0v) is 16.4. The van der Waals surface area contributed by atoms with Crippen LogP contribution in [0.15, 0.2) is 52.9 Å². The van der Waals surface area contributed by atoms with Gasteiger partial charge in [0.1, 0.15) is 0 Å². The molecule has 0 unspecified atom stereocenters. The van der Waals surface area contributed by atoms with E-state index >= 15 is 0 Å². The Hall–Kier alpha value is -3.32. The van der Waals surface area contributed by atoms with Gasteiger partial charge < -0.3 is 4.74 Å². The van der Waals surface area contributed by atoms with Crippen LogP contribution in [0.1, 0.15) is 21.6 Å². The summed E-state index contributed by atoms with van der Waals surface area (Å²) < 4.78 is 6.47. The van der Waals surface area contributed by atoms with Gasteiger partial charge in [-0.3, -0.25) is 14.3 Å². The lowest BCUT2D eigenvalue weighted by atomic mass is 9.94. The van der Waals surface area contributed by atoms with Gasteiger partial charge in [0.2, 0.25) is 0 Å². The fraction of sp³-hybridized carbons (Fsp3) is 0.143. The van der Waals surface area contributed by atoms with Gasteiger partial charge >= 0.3 is 5.97 Å². The summed E-state index contributed by atoms with van der Waals surface area (Å²) in [4.78, 5) is 34.7. The number of nitrogens with zero attached hydrogens (tertiary/aromatic N) is 3. The molecule has 4 rings (SSSR count). The molecule has 0 amide bonds. The molecule has 0 fully saturated rings. The van der Waals surface area contributed by atoms with Crippen LogP contribution < -0.4 is 5.56 Å². The van der Waals surface area contributed by atoms with Crippen LogP contribution in [0.2, 0.25) is 0 Å². The molecule has 0 radical (unpaired) electrons. The first-order valence-corrected chi connectivity index (χ1v) is 9.50. The maximum Gasteiger partial charge on any atom is 0.340 e. The topological polar surface area (TPSA) is 74.1 Å². The molecule has 0 bridgehead atoms. The molecule has 6 nitrogen and oxygen atoms in total. The van der Waals surface area contributed by atoms with E-state index < -0.39 is 5.97 Å². The zero-order valence-electron chi connectivity index (χ0n) is 15.6. The minimum absolute atomic E-state index is 0.277. The summed E-state index contributed by atoms with van der Waals surface area (Å²) >= 11 is 1.36. The number of esters is 1. The number of thiazole rings is 1. The van der Waals surface area contributed by atoms with Crippen molar-refractivity contribution in [2.45, 2.75) is 13.8 Å². The molecule has 0 spiro atoms. The number of hydrogen-bond donors (Lipinski definition) is 0. The Morgan fingerprint density at radius 2 is 1.89 bits per heavy atom. The van der Waals surface area contributed by atoms with Gasteiger partial charge in [0.05, 0.1) is 29.3 Å². The first kappa shape index (κ1) is 18.1. The third kappa shape index (κ3) is 2.90. The lowest BCUT2D eigenvalue weighted by Gasteiger charge is -2.15. The third-order valence-corrected chi connectivity index (χ3v) is 5.35. The van der Waals surface area contributed by atoms with Gasteiger partial charge in [-0.2, -0.15) is 0 Å². The second-order valence-corrected chi connectivity index (χ2v) is 7.24. The average molecular weight is 391 g/mol. The lowest BCUT2D eigenvalue weighted by Crippen LogP contribution is -2.20. The standard InChI is InChI=1S/C21H17N3O3S/c1-12-4-6-14(7-5-12)17-16(20(26)27-3)13(2)23-15-8-10-24(19(25)18(15)17)21-22-9-11-28-21/h4-11H,1-3H3. The molecule has 0 saturated carbocycles.